The molecule has 33 heavy (non-hydrogen) atoms. The van der Waals surface area contributed by atoms with E-state index in [1.54, 1.807) is 4.90 Å². The zero-order valence-electron chi connectivity index (χ0n) is 17.9. The highest BCUT2D eigenvalue weighted by Crippen LogP contribution is 2.53. The monoisotopic (exact) mass is 465 g/mol. The number of nitrogens with zero attached hydrogens (tertiary/aromatic N) is 2. The number of aliphatic carboxylic acids is 1. The molecule has 0 bridgehead atoms. The van der Waals surface area contributed by atoms with Gasteiger partial charge in [0.15, 0.2) is 5.82 Å². The van der Waals surface area contributed by atoms with E-state index < -0.39 is 40.7 Å². The minimum atomic E-state index is -1.40. The van der Waals surface area contributed by atoms with E-state index in [9.17, 15) is 23.9 Å². The van der Waals surface area contributed by atoms with Crippen LogP contribution in [-0.4, -0.2) is 57.1 Å². The van der Waals surface area contributed by atoms with Crippen LogP contribution in [0, 0.1) is 17.0 Å². The molecule has 3 aliphatic rings. The summed E-state index contributed by atoms with van der Waals surface area (Å²) in [4.78, 5) is 35.0. The average Bonchev–Trinajstić information content (AvgIpc) is 3.63. The Hall–Kier alpha value is -3.05. The molecule has 178 valence electrons. The maximum Gasteiger partial charge on any atom is 0.341 e. The van der Waals surface area contributed by atoms with E-state index in [2.05, 4.69) is 0 Å². The maximum atomic E-state index is 15.5. The van der Waals surface area contributed by atoms with Gasteiger partial charge in [-0.1, -0.05) is 0 Å². The maximum absolute atomic E-state index is 15.5. The van der Waals surface area contributed by atoms with Gasteiger partial charge in [0, 0.05) is 36.8 Å². The molecule has 2 saturated carbocycles. The number of anilines is 1. The smallest absolute Gasteiger partial charge is 0.341 e. The molecular formula is C22H25F2N3O6. The predicted molar refractivity (Wildman–Crippen MR) is 115 cm³/mol. The summed E-state index contributed by atoms with van der Waals surface area (Å²) in [5, 5.41) is 24.8. The van der Waals surface area contributed by atoms with Gasteiger partial charge < -0.3 is 30.5 Å². The van der Waals surface area contributed by atoms with Crippen molar-refractivity contribution in [3.8, 4) is 0 Å². The summed E-state index contributed by atoms with van der Waals surface area (Å²) in [6.07, 6.45) is 3.14. The van der Waals surface area contributed by atoms with Crippen LogP contribution in [0.3, 0.4) is 0 Å². The van der Waals surface area contributed by atoms with Crippen molar-refractivity contribution in [2.24, 2.45) is 11.1 Å². The first kappa shape index (κ1) is 23.1. The van der Waals surface area contributed by atoms with E-state index in [4.69, 9.17) is 15.9 Å². The summed E-state index contributed by atoms with van der Waals surface area (Å²) in [6, 6.07) is 0.983. The van der Waals surface area contributed by atoms with Crippen molar-refractivity contribution in [2.75, 3.05) is 18.0 Å². The molecule has 0 radical (unpaired) electrons. The summed E-state index contributed by atoms with van der Waals surface area (Å²) in [6.45, 7) is 2.20. The number of carboxylic acid groups (broad SMARTS) is 2. The lowest BCUT2D eigenvalue weighted by atomic mass is 10.1. The van der Waals surface area contributed by atoms with Crippen molar-refractivity contribution >= 4 is 28.5 Å². The fraction of sp³-hybridized carbons (Fsp3) is 0.500. The Labute approximate surface area is 187 Å². The Morgan fingerprint density at radius 2 is 1.88 bits per heavy atom. The van der Waals surface area contributed by atoms with Crippen LogP contribution in [0.5, 0.6) is 0 Å². The van der Waals surface area contributed by atoms with E-state index >= 15 is 4.39 Å². The van der Waals surface area contributed by atoms with Crippen LogP contribution in [-0.2, 0) is 4.79 Å². The van der Waals surface area contributed by atoms with Crippen LogP contribution >= 0.6 is 0 Å². The van der Waals surface area contributed by atoms with Gasteiger partial charge >= 0.3 is 11.9 Å². The predicted octanol–water partition coefficient (Wildman–Crippen LogP) is 1.69. The van der Waals surface area contributed by atoms with E-state index in [-0.39, 0.29) is 34.1 Å². The molecule has 1 aliphatic heterocycles. The quantitative estimate of drug-likeness (QED) is 0.534. The van der Waals surface area contributed by atoms with Gasteiger partial charge in [-0.05, 0) is 38.7 Å². The van der Waals surface area contributed by atoms with Gasteiger partial charge in [-0.3, -0.25) is 4.79 Å². The lowest BCUT2D eigenvalue weighted by Gasteiger charge is -2.22. The van der Waals surface area contributed by atoms with Crippen molar-refractivity contribution in [3.63, 3.8) is 0 Å². The third-order valence-corrected chi connectivity index (χ3v) is 6.67. The first-order valence-electron chi connectivity index (χ1n) is 10.7. The Bertz CT molecular complexity index is 1210. The van der Waals surface area contributed by atoms with Crippen LogP contribution in [0.25, 0.3) is 10.9 Å². The second kappa shape index (κ2) is 8.07. The Balaban J connectivity index is 0.000000385. The summed E-state index contributed by atoms with van der Waals surface area (Å²) in [5.74, 6) is -4.22. The number of aliphatic hydroxyl groups excluding tert-OH is 1. The first-order chi connectivity index (χ1) is 15.5. The van der Waals surface area contributed by atoms with Crippen LogP contribution in [0.1, 0.15) is 49.0 Å². The molecule has 3 unspecified atom stereocenters. The fourth-order valence-corrected chi connectivity index (χ4v) is 4.45. The van der Waals surface area contributed by atoms with Crippen LogP contribution in [0.2, 0.25) is 0 Å². The van der Waals surface area contributed by atoms with Crippen LogP contribution < -0.4 is 16.1 Å². The molecule has 3 atom stereocenters. The summed E-state index contributed by atoms with van der Waals surface area (Å²) in [7, 11) is 0. The minimum Gasteiger partial charge on any atom is -0.479 e. The molecule has 2 aromatic rings. The number of aromatic nitrogens is 1. The highest BCUT2D eigenvalue weighted by Gasteiger charge is 2.56. The molecule has 2 aliphatic carbocycles. The Morgan fingerprint density at radius 1 is 1.27 bits per heavy atom. The number of carboxylic acids is 2. The fourth-order valence-electron chi connectivity index (χ4n) is 4.45. The summed E-state index contributed by atoms with van der Waals surface area (Å²) in [5.41, 5.74) is 4.45. The van der Waals surface area contributed by atoms with E-state index in [0.29, 0.717) is 13.1 Å². The van der Waals surface area contributed by atoms with Gasteiger partial charge in [0.05, 0.1) is 10.9 Å². The van der Waals surface area contributed by atoms with Crippen molar-refractivity contribution < 1.29 is 33.7 Å². The molecule has 11 heteroatoms. The van der Waals surface area contributed by atoms with Crippen molar-refractivity contribution in [1.82, 2.24) is 4.57 Å². The van der Waals surface area contributed by atoms with E-state index in [0.717, 1.165) is 31.7 Å². The van der Waals surface area contributed by atoms with Crippen molar-refractivity contribution in [3.05, 3.63) is 39.7 Å². The average molecular weight is 465 g/mol. The van der Waals surface area contributed by atoms with Crippen LogP contribution in [0.4, 0.5) is 14.5 Å². The minimum absolute atomic E-state index is 0.00931. The SMILES string of the molecule is CC(O)C(=O)O.NC1CC12CCN(c1c(F)cc3c(=O)c(C(=O)O)cn(C4CC4)c3c1F)C2. The normalized spacial score (nSPS) is 24.5. The number of pyridine rings is 1. The van der Waals surface area contributed by atoms with Gasteiger partial charge in [-0.25, -0.2) is 18.4 Å². The lowest BCUT2D eigenvalue weighted by Crippen LogP contribution is -2.26. The third-order valence-electron chi connectivity index (χ3n) is 6.67. The molecule has 2 heterocycles. The van der Waals surface area contributed by atoms with Gasteiger partial charge in [-0.15, -0.1) is 0 Å². The first-order valence-corrected chi connectivity index (χ1v) is 10.7. The standard InChI is InChI=1S/C19H19F2N3O3.C3H6O3/c20-12-5-10-15(24(9-1-2-9)7-11(17(10)25)18(26)27)14(21)16(12)23-4-3-19(8-23)6-13(19)22;1-2(4)3(5)6/h5,7,9,13H,1-4,6,8,22H2,(H,26,27);2,4H,1H3,(H,5,6). The number of fused-ring (bicyclic) bond motifs is 1. The molecule has 9 nitrogen and oxygen atoms in total. The molecular weight excluding hydrogens is 440 g/mol. The Morgan fingerprint density at radius 3 is 2.33 bits per heavy atom. The van der Waals surface area contributed by atoms with Gasteiger partial charge in [0.1, 0.15) is 23.2 Å². The van der Waals surface area contributed by atoms with Gasteiger partial charge in [-0.2, -0.15) is 0 Å². The van der Waals surface area contributed by atoms with E-state index in [1.165, 1.54) is 17.7 Å². The topological polar surface area (TPSA) is 146 Å². The van der Waals surface area contributed by atoms with Gasteiger partial charge in [0.25, 0.3) is 0 Å². The molecule has 1 spiro atoms. The number of benzene rings is 1. The molecule has 1 aromatic heterocycles. The number of halogens is 2. The lowest BCUT2D eigenvalue weighted by molar-refractivity contribution is -0.145. The zero-order chi connectivity index (χ0) is 24.2. The number of nitrogens with two attached hydrogens (primary N) is 1. The zero-order valence-corrected chi connectivity index (χ0v) is 17.9. The highest BCUT2D eigenvalue weighted by molar-refractivity contribution is 5.94. The Kier molecular flexibility index (Phi) is 5.65. The second-order valence-electron chi connectivity index (χ2n) is 9.09. The molecule has 3 fully saturated rings. The molecule has 1 aromatic carbocycles. The number of carbonyl (C=O) groups is 2. The molecule has 5 rings (SSSR count). The van der Waals surface area contributed by atoms with Crippen molar-refractivity contribution in [2.45, 2.75) is 50.8 Å². The number of hydrogen-bond donors (Lipinski definition) is 4. The number of rotatable bonds is 4. The molecule has 1 saturated heterocycles. The van der Waals surface area contributed by atoms with Crippen molar-refractivity contribution in [1.29, 1.82) is 0 Å². The number of hydrogen-bond acceptors (Lipinski definition) is 6. The number of aromatic carboxylic acids is 1. The van der Waals surface area contributed by atoms with Crippen LogP contribution in [0.15, 0.2) is 17.1 Å². The third kappa shape index (κ3) is 4.06. The highest BCUT2D eigenvalue weighted by atomic mass is 19.1. The largest absolute Gasteiger partial charge is 0.479 e. The summed E-state index contributed by atoms with van der Waals surface area (Å²) < 4.78 is 31.8. The molecule has 5 N–H and O–H groups in total. The number of aliphatic hydroxyl groups is 1. The van der Waals surface area contributed by atoms with E-state index in [1.807, 2.05) is 0 Å². The molecule has 0 amide bonds. The second-order valence-corrected chi connectivity index (χ2v) is 9.09. The summed E-state index contributed by atoms with van der Waals surface area (Å²) >= 11 is 0. The van der Waals surface area contributed by atoms with Gasteiger partial charge in [0.2, 0.25) is 5.43 Å².